The Morgan fingerprint density at radius 2 is 1.88 bits per heavy atom. The maximum Gasteiger partial charge on any atom is 0.144 e. The number of benzene rings is 1. The molecule has 5 nitrogen and oxygen atoms in total. The molecule has 1 aliphatic carbocycles. The molecule has 1 aromatic rings. The van der Waals surface area contributed by atoms with Crippen LogP contribution in [0.5, 0.6) is 5.75 Å². The number of piperazine rings is 1. The van der Waals surface area contributed by atoms with Crippen molar-refractivity contribution in [2.24, 2.45) is 0 Å². The van der Waals surface area contributed by atoms with Gasteiger partial charge in [-0.1, -0.05) is 0 Å². The number of hydrogen-bond donors (Lipinski definition) is 1. The lowest BCUT2D eigenvalue weighted by atomic mass is 9.99. The molecule has 0 amide bonds. The van der Waals surface area contributed by atoms with Gasteiger partial charge in [-0.15, -0.1) is 0 Å². The van der Waals surface area contributed by atoms with Crippen molar-refractivity contribution in [2.75, 3.05) is 57.5 Å². The van der Waals surface area contributed by atoms with Crippen LogP contribution in [0.25, 0.3) is 0 Å². The van der Waals surface area contributed by atoms with Crippen LogP contribution in [0.2, 0.25) is 0 Å². The molecule has 2 N–H and O–H groups in total. The van der Waals surface area contributed by atoms with Crippen molar-refractivity contribution in [3.05, 3.63) is 18.2 Å². The maximum absolute atomic E-state index is 5.89. The van der Waals surface area contributed by atoms with Gasteiger partial charge in [-0.05, 0) is 44.9 Å². The minimum absolute atomic E-state index is 0.523. The molecule has 0 bridgehead atoms. The van der Waals surface area contributed by atoms with Crippen molar-refractivity contribution in [1.29, 1.82) is 0 Å². The number of likely N-dealkylation sites (N-methyl/N-ethyl adjacent to an activating group) is 1. The summed E-state index contributed by atoms with van der Waals surface area (Å²) in [6.45, 7) is 5.94. The summed E-state index contributed by atoms with van der Waals surface area (Å²) in [5.74, 6) is 0.894. The molecule has 1 spiro atoms. The first-order valence-electron chi connectivity index (χ1n) is 9.25. The summed E-state index contributed by atoms with van der Waals surface area (Å²) >= 11 is 0. The van der Waals surface area contributed by atoms with Crippen molar-refractivity contribution in [2.45, 2.75) is 37.3 Å². The average molecular weight is 330 g/mol. The third-order valence-corrected chi connectivity index (χ3v) is 6.38. The van der Waals surface area contributed by atoms with Crippen molar-refractivity contribution >= 4 is 11.4 Å². The van der Waals surface area contributed by atoms with Gasteiger partial charge in [0.1, 0.15) is 5.75 Å². The molecule has 1 saturated carbocycles. The molecule has 0 unspecified atom stereocenters. The normalized spacial score (nSPS) is 25.2. The molecule has 0 aromatic heterocycles. The number of anilines is 2. The first kappa shape index (κ1) is 16.0. The third kappa shape index (κ3) is 2.84. The minimum Gasteiger partial charge on any atom is -0.495 e. The molecular weight excluding hydrogens is 300 g/mol. The molecular formula is C19H30N4O. The molecule has 5 heteroatoms. The average Bonchev–Trinajstić information content (AvgIpc) is 3.38. The molecule has 0 atom stereocenters. The highest BCUT2D eigenvalue weighted by Gasteiger charge is 2.50. The molecule has 132 valence electrons. The van der Waals surface area contributed by atoms with Crippen LogP contribution < -0.4 is 15.4 Å². The fourth-order valence-electron chi connectivity index (χ4n) is 4.52. The standard InChI is InChI=1S/C19H30N4O/c1-21-11-12-23(14-19(21)7-8-19)16-5-9-22(10-6-16)17-4-3-15(20)13-18(17)24-2/h3-4,13,16H,5-12,14,20H2,1-2H3. The number of nitrogen functional groups attached to an aromatic ring is 1. The number of rotatable bonds is 3. The Morgan fingerprint density at radius 1 is 1.12 bits per heavy atom. The Kier molecular flexibility index (Phi) is 4.09. The van der Waals surface area contributed by atoms with Gasteiger partial charge in [0.2, 0.25) is 0 Å². The highest BCUT2D eigenvalue weighted by Crippen LogP contribution is 2.44. The summed E-state index contributed by atoms with van der Waals surface area (Å²) in [4.78, 5) is 7.82. The van der Waals surface area contributed by atoms with E-state index in [1.165, 1.54) is 51.0 Å². The lowest BCUT2D eigenvalue weighted by Gasteiger charge is -2.46. The molecule has 2 aliphatic heterocycles. The van der Waals surface area contributed by atoms with E-state index < -0.39 is 0 Å². The van der Waals surface area contributed by atoms with Gasteiger partial charge in [0.25, 0.3) is 0 Å². The topological polar surface area (TPSA) is 45.0 Å². The lowest BCUT2D eigenvalue weighted by molar-refractivity contribution is 0.0434. The fraction of sp³-hybridized carbons (Fsp3) is 0.684. The fourth-order valence-corrected chi connectivity index (χ4v) is 4.52. The zero-order chi connectivity index (χ0) is 16.7. The van der Waals surface area contributed by atoms with Gasteiger partial charge in [-0.3, -0.25) is 9.80 Å². The summed E-state index contributed by atoms with van der Waals surface area (Å²) in [5, 5.41) is 0. The minimum atomic E-state index is 0.523. The van der Waals surface area contributed by atoms with Gasteiger partial charge < -0.3 is 15.4 Å². The van der Waals surface area contributed by atoms with Crippen LogP contribution in [-0.2, 0) is 0 Å². The highest BCUT2D eigenvalue weighted by molar-refractivity contribution is 5.64. The lowest BCUT2D eigenvalue weighted by Crippen LogP contribution is -2.57. The van der Waals surface area contributed by atoms with Crippen LogP contribution in [0.1, 0.15) is 25.7 Å². The third-order valence-electron chi connectivity index (χ3n) is 6.38. The molecule has 24 heavy (non-hydrogen) atoms. The van der Waals surface area contributed by atoms with Crippen LogP contribution in [0.3, 0.4) is 0 Å². The Labute approximate surface area is 145 Å². The molecule has 0 radical (unpaired) electrons. The molecule has 3 aliphatic rings. The van der Waals surface area contributed by atoms with Crippen LogP contribution in [0, 0.1) is 0 Å². The van der Waals surface area contributed by atoms with E-state index in [1.807, 2.05) is 12.1 Å². The Balaban J connectivity index is 1.39. The van der Waals surface area contributed by atoms with E-state index in [0.717, 1.165) is 30.6 Å². The van der Waals surface area contributed by atoms with Gasteiger partial charge in [0.05, 0.1) is 12.8 Å². The summed E-state index contributed by atoms with van der Waals surface area (Å²) in [5.41, 5.74) is 8.35. The second-order valence-corrected chi connectivity index (χ2v) is 7.77. The van der Waals surface area contributed by atoms with E-state index >= 15 is 0 Å². The first-order valence-corrected chi connectivity index (χ1v) is 9.25. The van der Waals surface area contributed by atoms with E-state index in [0.29, 0.717) is 5.54 Å². The van der Waals surface area contributed by atoms with Crippen LogP contribution in [-0.4, -0.2) is 68.3 Å². The second kappa shape index (κ2) is 6.12. The van der Waals surface area contributed by atoms with Crippen LogP contribution in [0.15, 0.2) is 18.2 Å². The highest BCUT2D eigenvalue weighted by atomic mass is 16.5. The van der Waals surface area contributed by atoms with E-state index in [9.17, 15) is 0 Å². The van der Waals surface area contributed by atoms with Crippen molar-refractivity contribution in [3.63, 3.8) is 0 Å². The van der Waals surface area contributed by atoms with Crippen molar-refractivity contribution < 1.29 is 4.74 Å². The monoisotopic (exact) mass is 330 g/mol. The van der Waals surface area contributed by atoms with Crippen LogP contribution >= 0.6 is 0 Å². The first-order chi connectivity index (χ1) is 11.6. The Hall–Kier alpha value is -1.46. The van der Waals surface area contributed by atoms with Gasteiger partial charge in [-0.2, -0.15) is 0 Å². The quantitative estimate of drug-likeness (QED) is 0.859. The van der Waals surface area contributed by atoms with Gasteiger partial charge in [0.15, 0.2) is 0 Å². The predicted molar refractivity (Wildman–Crippen MR) is 98.8 cm³/mol. The Bertz CT molecular complexity index is 593. The second-order valence-electron chi connectivity index (χ2n) is 7.77. The number of ether oxygens (including phenoxy) is 1. The summed E-state index contributed by atoms with van der Waals surface area (Å²) in [7, 11) is 4.03. The number of methoxy groups -OCH3 is 1. The molecule has 4 rings (SSSR count). The van der Waals surface area contributed by atoms with E-state index in [-0.39, 0.29) is 0 Å². The number of nitrogens with zero attached hydrogens (tertiary/aromatic N) is 3. The van der Waals surface area contributed by atoms with Gasteiger partial charge in [-0.25, -0.2) is 0 Å². The van der Waals surface area contributed by atoms with Crippen molar-refractivity contribution in [1.82, 2.24) is 9.80 Å². The number of hydrogen-bond acceptors (Lipinski definition) is 5. The zero-order valence-electron chi connectivity index (χ0n) is 15.0. The van der Waals surface area contributed by atoms with Crippen molar-refractivity contribution in [3.8, 4) is 5.75 Å². The largest absolute Gasteiger partial charge is 0.495 e. The summed E-state index contributed by atoms with van der Waals surface area (Å²) in [6, 6.07) is 6.75. The number of nitrogens with two attached hydrogens (primary N) is 1. The SMILES string of the molecule is COc1cc(N)ccc1N1CCC(N2CCN(C)C3(CC3)C2)CC1. The smallest absolute Gasteiger partial charge is 0.144 e. The molecule has 2 heterocycles. The van der Waals surface area contributed by atoms with Gasteiger partial charge >= 0.3 is 0 Å². The molecule has 1 aromatic carbocycles. The Morgan fingerprint density at radius 3 is 2.54 bits per heavy atom. The zero-order valence-corrected chi connectivity index (χ0v) is 15.0. The van der Waals surface area contributed by atoms with Gasteiger partial charge in [0, 0.05) is 56.1 Å². The molecule has 3 fully saturated rings. The van der Waals surface area contributed by atoms with E-state index in [2.05, 4.69) is 27.8 Å². The predicted octanol–water partition coefficient (Wildman–Crippen LogP) is 2.03. The van der Waals surface area contributed by atoms with Crippen LogP contribution in [0.4, 0.5) is 11.4 Å². The number of piperidine rings is 1. The maximum atomic E-state index is 5.89. The van der Waals surface area contributed by atoms with E-state index in [4.69, 9.17) is 10.5 Å². The van der Waals surface area contributed by atoms with E-state index in [1.54, 1.807) is 7.11 Å². The summed E-state index contributed by atoms with van der Waals surface area (Å²) < 4.78 is 5.53. The molecule has 2 saturated heterocycles. The summed E-state index contributed by atoms with van der Waals surface area (Å²) in [6.07, 6.45) is 5.27.